The number of anilines is 1. The Hall–Kier alpha value is -2.17. The second-order valence-electron chi connectivity index (χ2n) is 7.40. The smallest absolute Gasteiger partial charge is 0.270 e. The van der Waals surface area contributed by atoms with E-state index in [9.17, 15) is 9.59 Å². The van der Waals surface area contributed by atoms with Gasteiger partial charge in [-0.15, -0.1) is 0 Å². The Morgan fingerprint density at radius 1 is 1.28 bits per heavy atom. The first-order chi connectivity index (χ1) is 11.9. The van der Waals surface area contributed by atoms with E-state index in [2.05, 4.69) is 18.9 Å². The zero-order valence-corrected chi connectivity index (χ0v) is 15.6. The van der Waals surface area contributed by atoms with Crippen LogP contribution in [0.5, 0.6) is 0 Å². The first-order valence-corrected chi connectivity index (χ1v) is 9.19. The van der Waals surface area contributed by atoms with Crippen LogP contribution in [0.4, 0.5) is 5.69 Å². The van der Waals surface area contributed by atoms with Crippen molar-refractivity contribution >= 4 is 23.2 Å². The highest BCUT2D eigenvalue weighted by Crippen LogP contribution is 2.28. The lowest BCUT2D eigenvalue weighted by molar-refractivity contribution is -0.125. The average Bonchev–Trinajstić information content (AvgIpc) is 2.98. The Balaban J connectivity index is 1.90. The van der Waals surface area contributed by atoms with E-state index < -0.39 is 0 Å². The quantitative estimate of drug-likeness (QED) is 0.846. The van der Waals surface area contributed by atoms with Gasteiger partial charge < -0.3 is 4.90 Å². The summed E-state index contributed by atoms with van der Waals surface area (Å²) >= 11 is 0. The van der Waals surface area contributed by atoms with E-state index >= 15 is 0 Å². The molecule has 0 bridgehead atoms. The van der Waals surface area contributed by atoms with Crippen LogP contribution in [0.15, 0.2) is 23.3 Å². The molecule has 2 amide bonds. The van der Waals surface area contributed by atoms with Crippen molar-refractivity contribution in [1.29, 1.82) is 0 Å². The summed E-state index contributed by atoms with van der Waals surface area (Å²) in [4.78, 5) is 27.4. The fourth-order valence-corrected chi connectivity index (χ4v) is 3.80. The number of rotatable bonds is 3. The highest BCUT2D eigenvalue weighted by atomic mass is 16.2. The molecule has 1 fully saturated rings. The SMILES string of the molecule is CC[C@H]1C[C@H](C)CN1C(=O)C1=NN(c2cc(C)ccc2C)C(=O)CC1. The molecule has 2 aliphatic rings. The van der Waals surface area contributed by atoms with Gasteiger partial charge in [-0.25, -0.2) is 5.01 Å². The summed E-state index contributed by atoms with van der Waals surface area (Å²) in [6.45, 7) is 9.05. The van der Waals surface area contributed by atoms with Crippen molar-refractivity contribution in [3.63, 3.8) is 0 Å². The van der Waals surface area contributed by atoms with Crippen molar-refractivity contribution in [2.45, 2.75) is 59.4 Å². The molecule has 0 aromatic heterocycles. The van der Waals surface area contributed by atoms with E-state index in [-0.39, 0.29) is 17.9 Å². The fraction of sp³-hybridized carbons (Fsp3) is 0.550. The van der Waals surface area contributed by atoms with Crippen molar-refractivity contribution in [1.82, 2.24) is 4.90 Å². The van der Waals surface area contributed by atoms with Crippen LogP contribution >= 0.6 is 0 Å². The Bertz CT molecular complexity index is 726. The van der Waals surface area contributed by atoms with Crippen LogP contribution in [0.3, 0.4) is 0 Å². The minimum atomic E-state index is -0.0490. The zero-order valence-electron chi connectivity index (χ0n) is 15.6. The van der Waals surface area contributed by atoms with Crippen LogP contribution in [0, 0.1) is 19.8 Å². The molecule has 0 radical (unpaired) electrons. The second kappa shape index (κ2) is 6.98. The van der Waals surface area contributed by atoms with Gasteiger partial charge in [0, 0.05) is 25.4 Å². The first kappa shape index (κ1) is 17.6. The summed E-state index contributed by atoms with van der Waals surface area (Å²) in [7, 11) is 0. The number of likely N-dealkylation sites (tertiary alicyclic amines) is 1. The number of hydrogen-bond donors (Lipinski definition) is 0. The van der Waals surface area contributed by atoms with E-state index in [1.807, 2.05) is 36.9 Å². The molecular formula is C20H27N3O2. The second-order valence-corrected chi connectivity index (χ2v) is 7.40. The van der Waals surface area contributed by atoms with Crippen molar-refractivity contribution in [2.24, 2.45) is 11.0 Å². The molecule has 2 atom stereocenters. The number of benzene rings is 1. The van der Waals surface area contributed by atoms with Crippen LogP contribution in [0.1, 0.15) is 50.7 Å². The maximum absolute atomic E-state index is 13.0. The van der Waals surface area contributed by atoms with Gasteiger partial charge in [0.05, 0.1) is 5.69 Å². The van der Waals surface area contributed by atoms with E-state index in [0.29, 0.717) is 24.5 Å². The molecule has 0 N–H and O–H groups in total. The maximum Gasteiger partial charge on any atom is 0.270 e. The molecule has 0 saturated carbocycles. The third kappa shape index (κ3) is 3.46. The number of aryl methyl sites for hydroxylation is 2. The normalized spacial score (nSPS) is 23.8. The van der Waals surface area contributed by atoms with Crippen molar-refractivity contribution < 1.29 is 9.59 Å². The zero-order chi connectivity index (χ0) is 18.1. The Morgan fingerprint density at radius 3 is 2.76 bits per heavy atom. The highest BCUT2D eigenvalue weighted by Gasteiger charge is 2.36. The minimum absolute atomic E-state index is 0.000920. The Morgan fingerprint density at radius 2 is 2.04 bits per heavy atom. The van der Waals surface area contributed by atoms with Gasteiger partial charge in [-0.05, 0) is 49.8 Å². The van der Waals surface area contributed by atoms with E-state index in [1.54, 1.807) is 0 Å². The van der Waals surface area contributed by atoms with Crippen LogP contribution < -0.4 is 5.01 Å². The molecule has 2 heterocycles. The van der Waals surface area contributed by atoms with Gasteiger partial charge in [-0.2, -0.15) is 5.10 Å². The summed E-state index contributed by atoms with van der Waals surface area (Å²) in [5.74, 6) is 0.473. The monoisotopic (exact) mass is 341 g/mol. The van der Waals surface area contributed by atoms with Crippen molar-refractivity contribution in [3.05, 3.63) is 29.3 Å². The molecule has 1 saturated heterocycles. The minimum Gasteiger partial charge on any atom is -0.334 e. The molecule has 0 unspecified atom stereocenters. The van der Waals surface area contributed by atoms with E-state index in [0.717, 1.165) is 36.2 Å². The molecule has 1 aromatic rings. The maximum atomic E-state index is 13.0. The number of hydrogen-bond acceptors (Lipinski definition) is 3. The van der Waals surface area contributed by atoms with Crippen LogP contribution in [0.2, 0.25) is 0 Å². The summed E-state index contributed by atoms with van der Waals surface area (Å²) in [5.41, 5.74) is 3.34. The van der Waals surface area contributed by atoms with Crippen LogP contribution in [0.25, 0.3) is 0 Å². The van der Waals surface area contributed by atoms with Crippen molar-refractivity contribution in [2.75, 3.05) is 11.6 Å². The van der Waals surface area contributed by atoms with Gasteiger partial charge in [0.25, 0.3) is 5.91 Å². The molecular weight excluding hydrogens is 314 g/mol. The fourth-order valence-electron chi connectivity index (χ4n) is 3.80. The summed E-state index contributed by atoms with van der Waals surface area (Å²) < 4.78 is 0. The van der Waals surface area contributed by atoms with Gasteiger partial charge in [0.2, 0.25) is 5.91 Å². The molecule has 0 spiro atoms. The van der Waals surface area contributed by atoms with Crippen LogP contribution in [-0.2, 0) is 9.59 Å². The Labute approximate surface area is 149 Å². The lowest BCUT2D eigenvalue weighted by Gasteiger charge is -2.28. The van der Waals surface area contributed by atoms with Gasteiger partial charge >= 0.3 is 0 Å². The largest absolute Gasteiger partial charge is 0.334 e. The number of hydrazone groups is 1. The standard InChI is InChI=1S/C20H27N3O2/c1-5-16-10-14(3)12-22(16)20(25)17-8-9-19(24)23(21-17)18-11-13(2)6-7-15(18)4/h6-7,11,14,16H,5,8-10,12H2,1-4H3/t14-,16-/m0/s1. The highest BCUT2D eigenvalue weighted by molar-refractivity contribution is 6.40. The number of carbonyl (C=O) groups is 2. The van der Waals surface area contributed by atoms with Crippen molar-refractivity contribution in [3.8, 4) is 0 Å². The molecule has 134 valence electrons. The van der Waals surface area contributed by atoms with E-state index in [4.69, 9.17) is 0 Å². The van der Waals surface area contributed by atoms with Gasteiger partial charge in [0.15, 0.2) is 0 Å². The predicted molar refractivity (Wildman–Crippen MR) is 99.6 cm³/mol. The summed E-state index contributed by atoms with van der Waals surface area (Å²) in [5, 5.41) is 5.91. The van der Waals surface area contributed by atoms with Gasteiger partial charge in [-0.3, -0.25) is 9.59 Å². The average molecular weight is 341 g/mol. The molecule has 1 aromatic carbocycles. The third-order valence-corrected chi connectivity index (χ3v) is 5.23. The molecule has 0 aliphatic carbocycles. The molecule has 2 aliphatic heterocycles. The third-order valence-electron chi connectivity index (χ3n) is 5.23. The Kier molecular flexibility index (Phi) is 4.93. The molecule has 5 nitrogen and oxygen atoms in total. The molecule has 5 heteroatoms. The summed E-state index contributed by atoms with van der Waals surface area (Å²) in [6, 6.07) is 6.24. The van der Waals surface area contributed by atoms with Crippen LogP contribution in [-0.4, -0.2) is 35.0 Å². The molecule has 25 heavy (non-hydrogen) atoms. The first-order valence-electron chi connectivity index (χ1n) is 9.19. The van der Waals surface area contributed by atoms with E-state index in [1.165, 1.54) is 5.01 Å². The van der Waals surface area contributed by atoms with Gasteiger partial charge in [0.1, 0.15) is 5.71 Å². The number of nitrogens with zero attached hydrogens (tertiary/aromatic N) is 3. The lowest BCUT2D eigenvalue weighted by Crippen LogP contribution is -2.43. The predicted octanol–water partition coefficient (Wildman–Crippen LogP) is 3.43. The number of amides is 2. The lowest BCUT2D eigenvalue weighted by atomic mass is 10.1. The molecule has 3 rings (SSSR count). The number of carbonyl (C=O) groups excluding carboxylic acids is 2. The topological polar surface area (TPSA) is 53.0 Å². The summed E-state index contributed by atoms with van der Waals surface area (Å²) in [6.07, 6.45) is 2.77. The van der Waals surface area contributed by atoms with Gasteiger partial charge in [-0.1, -0.05) is 26.0 Å².